The molecule has 0 N–H and O–H groups in total. The largest absolute Gasteiger partial charge is 0.371 e. The Hall–Kier alpha value is -3.38. The number of pyridine rings is 1. The van der Waals surface area contributed by atoms with Crippen LogP contribution in [0.2, 0.25) is 0 Å². The van der Waals surface area contributed by atoms with Crippen LogP contribution in [0.4, 0.5) is 0 Å². The van der Waals surface area contributed by atoms with E-state index in [1.165, 1.54) is 23.1 Å². The van der Waals surface area contributed by atoms with Gasteiger partial charge in [-0.1, -0.05) is 36.9 Å². The van der Waals surface area contributed by atoms with Gasteiger partial charge in [0.25, 0.3) is 0 Å². The second-order valence-electron chi connectivity index (χ2n) is 8.18. The zero-order chi connectivity index (χ0) is 21.1. The van der Waals surface area contributed by atoms with Crippen LogP contribution in [0.3, 0.4) is 0 Å². The Morgan fingerprint density at radius 3 is 2.60 bits per heavy atom. The molecule has 0 spiro atoms. The van der Waals surface area contributed by atoms with E-state index in [2.05, 4.69) is 71.9 Å². The molecule has 0 amide bonds. The van der Waals surface area contributed by atoms with Gasteiger partial charge in [-0.15, -0.1) is 0 Å². The molecule has 0 bridgehead atoms. The fourth-order valence-corrected chi connectivity index (χ4v) is 4.25. The Morgan fingerprint density at radius 2 is 1.90 bits per heavy atom. The Morgan fingerprint density at radius 1 is 1.10 bits per heavy atom. The number of likely N-dealkylation sites (tertiary alicyclic amines) is 1. The second-order valence-corrected chi connectivity index (χ2v) is 8.18. The summed E-state index contributed by atoms with van der Waals surface area (Å²) in [5, 5.41) is 9.04. The maximum atomic E-state index is 9.04. The van der Waals surface area contributed by atoms with Crippen LogP contribution in [0.15, 0.2) is 67.4 Å². The molecule has 0 aliphatic carbocycles. The number of benzene rings is 2. The molecular weight excluding hydrogens is 366 g/mol. The molecule has 1 aliphatic rings. The molecule has 1 atom stereocenters. The highest BCUT2D eigenvalue weighted by molar-refractivity contribution is 5.73. The Kier molecular flexibility index (Phi) is 5.68. The van der Waals surface area contributed by atoms with Crippen molar-refractivity contribution in [3.63, 3.8) is 0 Å². The lowest BCUT2D eigenvalue weighted by Crippen LogP contribution is -2.32. The minimum absolute atomic E-state index is 0.467. The monoisotopic (exact) mass is 393 g/mol. The minimum Gasteiger partial charge on any atom is -0.371 e. The number of aromatic nitrogens is 1. The molecule has 4 rings (SSSR count). The van der Waals surface area contributed by atoms with E-state index in [0.29, 0.717) is 11.5 Å². The average Bonchev–Trinajstić information content (AvgIpc) is 2.80. The van der Waals surface area contributed by atoms with Crippen molar-refractivity contribution in [2.45, 2.75) is 32.6 Å². The number of piperidine rings is 1. The first-order chi connectivity index (χ1) is 14.5. The van der Waals surface area contributed by atoms with E-state index in [9.17, 15) is 0 Å². The molecule has 3 aromatic rings. The minimum atomic E-state index is 0.467. The summed E-state index contributed by atoms with van der Waals surface area (Å²) in [6.45, 7) is 10.6. The summed E-state index contributed by atoms with van der Waals surface area (Å²) in [6, 6.07) is 21.0. The predicted molar refractivity (Wildman–Crippen MR) is 123 cm³/mol. The molecule has 30 heavy (non-hydrogen) atoms. The van der Waals surface area contributed by atoms with Crippen LogP contribution < -0.4 is 0 Å². The molecule has 1 unspecified atom stereocenters. The van der Waals surface area contributed by atoms with Crippen LogP contribution >= 0.6 is 0 Å². The highest BCUT2D eigenvalue weighted by Gasteiger charge is 2.23. The maximum Gasteiger partial charge on any atom is 0.0991 e. The summed E-state index contributed by atoms with van der Waals surface area (Å²) in [7, 11) is 0. The quantitative estimate of drug-likeness (QED) is 0.539. The van der Waals surface area contributed by atoms with Gasteiger partial charge in [0.05, 0.1) is 11.6 Å². The second kappa shape index (κ2) is 8.55. The lowest BCUT2D eigenvalue weighted by atomic mass is 9.89. The third kappa shape index (κ3) is 4.14. The first kappa shape index (κ1) is 19.9. The number of aryl methyl sites for hydroxylation is 2. The molecule has 2 aromatic carbocycles. The van der Waals surface area contributed by atoms with Gasteiger partial charge in [-0.05, 0) is 73.2 Å². The fourth-order valence-electron chi connectivity index (χ4n) is 4.25. The van der Waals surface area contributed by atoms with E-state index < -0.39 is 0 Å². The third-order valence-electron chi connectivity index (χ3n) is 6.11. The summed E-state index contributed by atoms with van der Waals surface area (Å²) in [5.74, 6) is 0.467. The number of hydrogen-bond donors (Lipinski definition) is 0. The molecule has 1 fully saturated rings. The Bertz CT molecular complexity index is 1090. The third-order valence-corrected chi connectivity index (χ3v) is 6.11. The summed E-state index contributed by atoms with van der Waals surface area (Å²) < 4.78 is 0. The van der Waals surface area contributed by atoms with E-state index >= 15 is 0 Å². The van der Waals surface area contributed by atoms with E-state index in [-0.39, 0.29) is 0 Å². The van der Waals surface area contributed by atoms with E-state index in [0.717, 1.165) is 42.0 Å². The smallest absolute Gasteiger partial charge is 0.0991 e. The zero-order valence-corrected chi connectivity index (χ0v) is 17.7. The summed E-state index contributed by atoms with van der Waals surface area (Å²) in [5.41, 5.74) is 8.89. The van der Waals surface area contributed by atoms with Gasteiger partial charge >= 0.3 is 0 Å². The van der Waals surface area contributed by atoms with Gasteiger partial charge in [0.15, 0.2) is 0 Å². The fraction of sp³-hybridized carbons (Fsp3) is 0.259. The average molecular weight is 394 g/mol. The van der Waals surface area contributed by atoms with Crippen molar-refractivity contribution in [2.75, 3.05) is 13.1 Å². The molecule has 0 saturated carbocycles. The molecule has 0 radical (unpaired) electrons. The molecule has 1 aliphatic heterocycles. The van der Waals surface area contributed by atoms with Crippen molar-refractivity contribution in [1.82, 2.24) is 9.88 Å². The topological polar surface area (TPSA) is 39.9 Å². The molecule has 150 valence electrons. The number of rotatable bonds is 4. The van der Waals surface area contributed by atoms with E-state index in [1.807, 2.05) is 25.3 Å². The first-order valence-corrected chi connectivity index (χ1v) is 10.5. The van der Waals surface area contributed by atoms with Crippen molar-refractivity contribution in [3.8, 4) is 17.2 Å². The zero-order valence-electron chi connectivity index (χ0n) is 17.7. The standard InChI is InChI=1S/C27H27N3/c1-19-6-10-24(15-27(19)25-11-7-20(2)29-17-25)21(3)30-14-4-5-26(18-30)23-12-8-22(16-28)9-13-23/h6-13,15,17,26H,3-5,14,18H2,1-2H3. The molecule has 1 aromatic heterocycles. The van der Waals surface area contributed by atoms with Gasteiger partial charge in [0, 0.05) is 42.2 Å². The summed E-state index contributed by atoms with van der Waals surface area (Å²) >= 11 is 0. The lowest BCUT2D eigenvalue weighted by molar-refractivity contribution is 0.295. The first-order valence-electron chi connectivity index (χ1n) is 10.5. The molecule has 3 nitrogen and oxygen atoms in total. The van der Waals surface area contributed by atoms with Gasteiger partial charge in [-0.25, -0.2) is 0 Å². The lowest BCUT2D eigenvalue weighted by Gasteiger charge is -2.36. The molecule has 3 heteroatoms. The van der Waals surface area contributed by atoms with Crippen molar-refractivity contribution in [1.29, 1.82) is 5.26 Å². The normalized spacial score (nSPS) is 16.2. The van der Waals surface area contributed by atoms with Gasteiger partial charge in [0.2, 0.25) is 0 Å². The number of nitriles is 1. The predicted octanol–water partition coefficient (Wildman–Crippen LogP) is 6.09. The Balaban J connectivity index is 1.55. The van der Waals surface area contributed by atoms with Gasteiger partial charge in [-0.2, -0.15) is 5.26 Å². The van der Waals surface area contributed by atoms with Crippen molar-refractivity contribution >= 4 is 5.70 Å². The molecular formula is C27H27N3. The SMILES string of the molecule is C=C(c1ccc(C)c(-c2ccc(C)nc2)c1)N1CCCC(c2ccc(C#N)cc2)C1. The van der Waals surface area contributed by atoms with Crippen LogP contribution in [-0.4, -0.2) is 23.0 Å². The maximum absolute atomic E-state index is 9.04. The van der Waals surface area contributed by atoms with Crippen LogP contribution in [0.1, 0.15) is 46.7 Å². The van der Waals surface area contributed by atoms with E-state index in [1.54, 1.807) is 0 Å². The van der Waals surface area contributed by atoms with Crippen molar-refractivity contribution < 1.29 is 0 Å². The summed E-state index contributed by atoms with van der Waals surface area (Å²) in [6.07, 6.45) is 4.26. The van der Waals surface area contributed by atoms with Crippen LogP contribution in [0.5, 0.6) is 0 Å². The summed E-state index contributed by atoms with van der Waals surface area (Å²) in [4.78, 5) is 6.87. The number of nitrogens with zero attached hydrogens (tertiary/aromatic N) is 3. The highest BCUT2D eigenvalue weighted by atomic mass is 15.1. The highest BCUT2D eigenvalue weighted by Crippen LogP contribution is 2.33. The van der Waals surface area contributed by atoms with Gasteiger partial charge in [0.1, 0.15) is 0 Å². The van der Waals surface area contributed by atoms with Crippen molar-refractivity contribution in [2.24, 2.45) is 0 Å². The molecule has 2 heterocycles. The van der Waals surface area contributed by atoms with Crippen LogP contribution in [0.25, 0.3) is 16.8 Å². The van der Waals surface area contributed by atoms with Crippen molar-refractivity contribution in [3.05, 3.63) is 95.3 Å². The van der Waals surface area contributed by atoms with Crippen LogP contribution in [0, 0.1) is 25.2 Å². The van der Waals surface area contributed by atoms with Gasteiger partial charge < -0.3 is 4.90 Å². The van der Waals surface area contributed by atoms with E-state index in [4.69, 9.17) is 5.26 Å². The number of hydrogen-bond acceptors (Lipinski definition) is 3. The van der Waals surface area contributed by atoms with Crippen LogP contribution in [-0.2, 0) is 0 Å². The Labute approximate surface area is 179 Å². The van der Waals surface area contributed by atoms with Gasteiger partial charge in [-0.3, -0.25) is 4.98 Å². The molecule has 1 saturated heterocycles.